The molecule has 1 N–H and O–H groups in total. The molecule has 1 amide bonds. The second-order valence-electron chi connectivity index (χ2n) is 4.87. The molecule has 120 valence electrons. The van der Waals surface area contributed by atoms with Gasteiger partial charge in [0.2, 0.25) is 0 Å². The molecule has 9 heteroatoms. The van der Waals surface area contributed by atoms with Crippen LogP contribution in [0.15, 0.2) is 46.5 Å². The first-order chi connectivity index (χ1) is 10.9. The number of carbonyl (C=O) groups excluding carboxylic acids is 1. The number of nitrogens with zero attached hydrogens (tertiary/aromatic N) is 2. The molecule has 1 aromatic rings. The molecule has 0 fully saturated rings. The van der Waals surface area contributed by atoms with Gasteiger partial charge in [-0.2, -0.15) is 0 Å². The van der Waals surface area contributed by atoms with Gasteiger partial charge >= 0.3 is 0 Å². The molecule has 2 aliphatic rings. The molecule has 2 heterocycles. The topological polar surface area (TPSA) is 78.8 Å². The third kappa shape index (κ3) is 3.00. The zero-order valence-corrected chi connectivity index (χ0v) is 12.5. The molecular formula is C14H11F2N3O3S. The molecule has 23 heavy (non-hydrogen) atoms. The van der Waals surface area contributed by atoms with Crippen LogP contribution < -0.4 is 5.32 Å². The third-order valence-electron chi connectivity index (χ3n) is 3.30. The van der Waals surface area contributed by atoms with E-state index >= 15 is 0 Å². The normalized spacial score (nSPS) is 18.8. The molecule has 0 saturated heterocycles. The smallest absolute Gasteiger partial charge is 0.259 e. The Morgan fingerprint density at radius 2 is 2.09 bits per heavy atom. The predicted octanol–water partition coefficient (Wildman–Crippen LogP) is 1.40. The van der Waals surface area contributed by atoms with Crippen molar-refractivity contribution in [2.45, 2.75) is 0 Å². The Kier molecular flexibility index (Phi) is 3.72. The Hall–Kier alpha value is -2.55. The van der Waals surface area contributed by atoms with Gasteiger partial charge in [-0.15, -0.1) is 4.40 Å². The highest BCUT2D eigenvalue weighted by Crippen LogP contribution is 2.21. The van der Waals surface area contributed by atoms with Gasteiger partial charge in [-0.25, -0.2) is 17.2 Å². The van der Waals surface area contributed by atoms with Crippen LogP contribution in [0, 0.1) is 11.6 Å². The average Bonchev–Trinajstić information content (AvgIpc) is 2.50. The largest absolute Gasteiger partial charge is 0.331 e. The summed E-state index contributed by atoms with van der Waals surface area (Å²) in [6.45, 7) is 0.163. The van der Waals surface area contributed by atoms with Crippen LogP contribution in [0.1, 0.15) is 0 Å². The fourth-order valence-electron chi connectivity index (χ4n) is 2.18. The number of fused-ring (bicyclic) bond motifs is 1. The molecule has 1 aromatic carbocycles. The number of benzene rings is 1. The van der Waals surface area contributed by atoms with E-state index < -0.39 is 27.6 Å². The lowest BCUT2D eigenvalue weighted by Gasteiger charge is -2.28. The number of rotatable bonds is 2. The summed E-state index contributed by atoms with van der Waals surface area (Å²) in [6, 6.07) is 3.37. The summed E-state index contributed by atoms with van der Waals surface area (Å²) in [7, 11) is -3.65. The molecule has 0 aliphatic carbocycles. The molecule has 0 saturated carbocycles. The van der Waals surface area contributed by atoms with Gasteiger partial charge < -0.3 is 10.2 Å². The first-order valence-corrected chi connectivity index (χ1v) is 8.22. The van der Waals surface area contributed by atoms with Crippen LogP contribution >= 0.6 is 0 Å². The van der Waals surface area contributed by atoms with Crippen LogP contribution in [0.2, 0.25) is 0 Å². The van der Waals surface area contributed by atoms with E-state index in [1.807, 2.05) is 0 Å². The Morgan fingerprint density at radius 3 is 2.87 bits per heavy atom. The van der Waals surface area contributed by atoms with Crippen molar-refractivity contribution >= 4 is 27.5 Å². The SMILES string of the molecule is O=C(Nc1cccc(F)c1F)C1=CC=CN2CCS(=O)(=O)N=C12. The van der Waals surface area contributed by atoms with E-state index in [0.29, 0.717) is 0 Å². The van der Waals surface area contributed by atoms with Gasteiger partial charge in [-0.3, -0.25) is 4.79 Å². The van der Waals surface area contributed by atoms with Crippen molar-refractivity contribution in [3.63, 3.8) is 0 Å². The lowest BCUT2D eigenvalue weighted by Crippen LogP contribution is -2.40. The maximum absolute atomic E-state index is 13.6. The fraction of sp³-hybridized carbons (Fsp3) is 0.143. The summed E-state index contributed by atoms with van der Waals surface area (Å²) in [5.41, 5.74) is -0.379. The summed E-state index contributed by atoms with van der Waals surface area (Å²) >= 11 is 0. The van der Waals surface area contributed by atoms with Crippen molar-refractivity contribution in [2.24, 2.45) is 4.40 Å². The van der Waals surface area contributed by atoms with E-state index in [0.717, 1.165) is 6.07 Å². The van der Waals surface area contributed by atoms with Gasteiger partial charge in [0.25, 0.3) is 15.9 Å². The van der Waals surface area contributed by atoms with Crippen LogP contribution in [0.4, 0.5) is 14.5 Å². The van der Waals surface area contributed by atoms with Crippen molar-refractivity contribution < 1.29 is 22.0 Å². The number of hydrogen-bond acceptors (Lipinski definition) is 4. The highest BCUT2D eigenvalue weighted by atomic mass is 32.2. The van der Waals surface area contributed by atoms with Crippen molar-refractivity contribution in [3.8, 4) is 0 Å². The van der Waals surface area contributed by atoms with E-state index in [4.69, 9.17) is 0 Å². The molecule has 0 atom stereocenters. The zero-order chi connectivity index (χ0) is 16.6. The summed E-state index contributed by atoms with van der Waals surface area (Å²) in [5.74, 6) is -3.26. The maximum atomic E-state index is 13.6. The molecule has 0 unspecified atom stereocenters. The Morgan fingerprint density at radius 1 is 1.30 bits per heavy atom. The molecule has 3 rings (SSSR count). The zero-order valence-electron chi connectivity index (χ0n) is 11.7. The number of allylic oxidation sites excluding steroid dienone is 2. The number of hydrogen-bond donors (Lipinski definition) is 1. The second kappa shape index (κ2) is 5.58. The van der Waals surface area contributed by atoms with Crippen LogP contribution in [0.25, 0.3) is 0 Å². The van der Waals surface area contributed by atoms with Crippen LogP contribution in [-0.4, -0.2) is 37.4 Å². The van der Waals surface area contributed by atoms with Gasteiger partial charge in [0.05, 0.1) is 17.0 Å². The van der Waals surface area contributed by atoms with Crippen LogP contribution in [0.3, 0.4) is 0 Å². The number of halogens is 2. The summed E-state index contributed by atoms with van der Waals surface area (Å²) in [6.07, 6.45) is 4.50. The minimum absolute atomic E-state index is 0.0342. The van der Waals surface area contributed by atoms with Gasteiger partial charge in [-0.1, -0.05) is 6.07 Å². The number of amidine groups is 1. The first kappa shape index (κ1) is 15.3. The minimum atomic E-state index is -3.65. The lowest BCUT2D eigenvalue weighted by atomic mass is 10.1. The Labute approximate surface area is 130 Å². The van der Waals surface area contributed by atoms with Gasteiger partial charge in [0.15, 0.2) is 17.5 Å². The van der Waals surface area contributed by atoms with Gasteiger partial charge in [-0.05, 0) is 24.3 Å². The summed E-state index contributed by atoms with van der Waals surface area (Å²) in [4.78, 5) is 13.8. The summed E-state index contributed by atoms with van der Waals surface area (Å²) < 4.78 is 53.6. The molecule has 6 nitrogen and oxygen atoms in total. The third-order valence-corrected chi connectivity index (χ3v) is 4.45. The first-order valence-electron chi connectivity index (χ1n) is 6.61. The molecule has 2 aliphatic heterocycles. The number of amides is 1. The molecule has 0 aromatic heterocycles. The van der Waals surface area contributed by atoms with Crippen molar-refractivity contribution in [3.05, 3.63) is 53.8 Å². The minimum Gasteiger partial charge on any atom is -0.331 e. The van der Waals surface area contributed by atoms with E-state index in [-0.39, 0.29) is 29.4 Å². The van der Waals surface area contributed by atoms with E-state index in [1.165, 1.54) is 23.1 Å². The van der Waals surface area contributed by atoms with Gasteiger partial charge in [0.1, 0.15) is 0 Å². The highest BCUT2D eigenvalue weighted by molar-refractivity contribution is 7.90. The van der Waals surface area contributed by atoms with Crippen molar-refractivity contribution in [1.29, 1.82) is 0 Å². The second-order valence-corrected chi connectivity index (χ2v) is 6.63. The maximum Gasteiger partial charge on any atom is 0.259 e. The molecule has 0 spiro atoms. The van der Waals surface area contributed by atoms with E-state index in [1.54, 1.807) is 12.3 Å². The number of anilines is 1. The number of carbonyl (C=O) groups is 1. The molecule has 0 bridgehead atoms. The quantitative estimate of drug-likeness (QED) is 0.883. The van der Waals surface area contributed by atoms with Crippen LogP contribution in [0.5, 0.6) is 0 Å². The summed E-state index contributed by atoms with van der Waals surface area (Å²) in [5, 5.41) is 2.22. The van der Waals surface area contributed by atoms with Crippen LogP contribution in [-0.2, 0) is 14.8 Å². The number of sulfonamides is 1. The van der Waals surface area contributed by atoms with Gasteiger partial charge in [0, 0.05) is 12.7 Å². The molecule has 0 radical (unpaired) electrons. The van der Waals surface area contributed by atoms with E-state index in [2.05, 4.69) is 9.71 Å². The van der Waals surface area contributed by atoms with Crippen molar-refractivity contribution in [2.75, 3.05) is 17.6 Å². The van der Waals surface area contributed by atoms with E-state index in [9.17, 15) is 22.0 Å². The Bertz CT molecular complexity index is 875. The Balaban J connectivity index is 1.93. The lowest BCUT2D eigenvalue weighted by molar-refractivity contribution is -0.112. The highest BCUT2D eigenvalue weighted by Gasteiger charge is 2.30. The number of nitrogens with one attached hydrogen (secondary N) is 1. The monoisotopic (exact) mass is 339 g/mol. The predicted molar refractivity (Wildman–Crippen MR) is 80.1 cm³/mol. The fourth-order valence-corrected chi connectivity index (χ4v) is 3.17. The average molecular weight is 339 g/mol. The standard InChI is InChI=1S/C14H11F2N3O3S/c15-10-4-1-5-11(12(10)16)17-14(20)9-3-2-6-19-7-8-23(21,22)18-13(9)19/h1-6H,7-8H2,(H,17,20). The van der Waals surface area contributed by atoms with Crippen molar-refractivity contribution in [1.82, 2.24) is 4.90 Å². The molecular weight excluding hydrogens is 328 g/mol.